The molecule has 17 heavy (non-hydrogen) atoms. The standard InChI is InChI=1S/C16H30O/c1-11-9-15(4,5)14(16(6,7)10-11)12(2)8-13(3)17/h9,12-14,17H,8,10H2,1-7H3. The molecule has 0 aromatic carbocycles. The predicted molar refractivity (Wildman–Crippen MR) is 74.9 cm³/mol. The summed E-state index contributed by atoms with van der Waals surface area (Å²) >= 11 is 0. The lowest BCUT2D eigenvalue weighted by Crippen LogP contribution is -2.43. The fraction of sp³-hybridized carbons (Fsp3) is 0.875. The van der Waals surface area contributed by atoms with Crippen molar-refractivity contribution in [1.29, 1.82) is 0 Å². The first-order valence-corrected chi connectivity index (χ1v) is 6.92. The van der Waals surface area contributed by atoms with Crippen LogP contribution in [0.5, 0.6) is 0 Å². The SMILES string of the molecule is CC1=CC(C)(C)C(C(C)CC(C)O)C(C)(C)C1. The van der Waals surface area contributed by atoms with Crippen molar-refractivity contribution >= 4 is 0 Å². The summed E-state index contributed by atoms with van der Waals surface area (Å²) in [6, 6.07) is 0. The first kappa shape index (κ1) is 14.8. The molecular formula is C16H30O. The topological polar surface area (TPSA) is 20.2 Å². The van der Waals surface area contributed by atoms with Gasteiger partial charge in [0.2, 0.25) is 0 Å². The van der Waals surface area contributed by atoms with Crippen molar-refractivity contribution in [3.8, 4) is 0 Å². The minimum Gasteiger partial charge on any atom is -0.393 e. The highest BCUT2D eigenvalue weighted by Gasteiger charge is 2.45. The van der Waals surface area contributed by atoms with E-state index in [-0.39, 0.29) is 11.5 Å². The monoisotopic (exact) mass is 238 g/mol. The van der Waals surface area contributed by atoms with Gasteiger partial charge in [0.25, 0.3) is 0 Å². The molecule has 0 heterocycles. The second-order valence-corrected chi connectivity index (χ2v) is 7.52. The fourth-order valence-electron chi connectivity index (χ4n) is 4.79. The molecule has 0 fully saturated rings. The summed E-state index contributed by atoms with van der Waals surface area (Å²) in [7, 11) is 0. The van der Waals surface area contributed by atoms with Crippen LogP contribution >= 0.6 is 0 Å². The van der Waals surface area contributed by atoms with Gasteiger partial charge in [0, 0.05) is 0 Å². The summed E-state index contributed by atoms with van der Waals surface area (Å²) in [5.41, 5.74) is 2.08. The molecule has 1 heteroatoms. The Bertz CT molecular complexity index is 297. The van der Waals surface area contributed by atoms with Crippen molar-refractivity contribution in [2.75, 3.05) is 0 Å². The van der Waals surface area contributed by atoms with Crippen LogP contribution in [0.3, 0.4) is 0 Å². The van der Waals surface area contributed by atoms with Gasteiger partial charge in [-0.3, -0.25) is 0 Å². The fourth-order valence-corrected chi connectivity index (χ4v) is 4.79. The Morgan fingerprint density at radius 3 is 2.24 bits per heavy atom. The summed E-state index contributed by atoms with van der Waals surface area (Å²) in [5, 5.41) is 9.63. The molecule has 1 aliphatic carbocycles. The molecule has 3 unspecified atom stereocenters. The van der Waals surface area contributed by atoms with Crippen molar-refractivity contribution in [1.82, 2.24) is 0 Å². The van der Waals surface area contributed by atoms with Gasteiger partial charge in [-0.2, -0.15) is 0 Å². The maximum atomic E-state index is 9.63. The highest BCUT2D eigenvalue weighted by atomic mass is 16.3. The number of hydrogen-bond acceptors (Lipinski definition) is 1. The number of hydrogen-bond donors (Lipinski definition) is 1. The molecule has 3 atom stereocenters. The predicted octanol–water partition coefficient (Wildman–Crippen LogP) is 4.41. The number of aliphatic hydroxyl groups is 1. The Hall–Kier alpha value is -0.300. The lowest BCUT2D eigenvalue weighted by molar-refractivity contribution is 0.0202. The number of rotatable bonds is 3. The first-order chi connectivity index (χ1) is 7.56. The van der Waals surface area contributed by atoms with Gasteiger partial charge in [0.05, 0.1) is 6.10 Å². The summed E-state index contributed by atoms with van der Waals surface area (Å²) in [5.74, 6) is 1.19. The Morgan fingerprint density at radius 2 is 1.82 bits per heavy atom. The minimum atomic E-state index is -0.191. The van der Waals surface area contributed by atoms with Crippen LogP contribution in [0.2, 0.25) is 0 Å². The van der Waals surface area contributed by atoms with E-state index in [9.17, 15) is 5.11 Å². The van der Waals surface area contributed by atoms with Crippen LogP contribution < -0.4 is 0 Å². The Morgan fingerprint density at radius 1 is 1.29 bits per heavy atom. The van der Waals surface area contributed by atoms with Crippen LogP contribution in [0, 0.1) is 22.7 Å². The zero-order chi connectivity index (χ0) is 13.4. The van der Waals surface area contributed by atoms with Gasteiger partial charge in [-0.05, 0) is 49.4 Å². The van der Waals surface area contributed by atoms with Crippen LogP contribution in [-0.4, -0.2) is 11.2 Å². The largest absolute Gasteiger partial charge is 0.393 e. The van der Waals surface area contributed by atoms with E-state index in [0.29, 0.717) is 17.3 Å². The Labute approximate surface area is 107 Å². The first-order valence-electron chi connectivity index (χ1n) is 6.92. The summed E-state index contributed by atoms with van der Waals surface area (Å²) in [6.45, 7) is 15.9. The van der Waals surface area contributed by atoms with Gasteiger partial charge in [-0.15, -0.1) is 0 Å². The van der Waals surface area contributed by atoms with Crippen LogP contribution in [0.4, 0.5) is 0 Å². The number of allylic oxidation sites excluding steroid dienone is 2. The van der Waals surface area contributed by atoms with E-state index in [1.54, 1.807) is 0 Å². The van der Waals surface area contributed by atoms with Gasteiger partial charge in [-0.1, -0.05) is 46.3 Å². The minimum absolute atomic E-state index is 0.191. The molecule has 0 bridgehead atoms. The van der Waals surface area contributed by atoms with Crippen LogP contribution in [0.15, 0.2) is 11.6 Å². The molecule has 100 valence electrons. The van der Waals surface area contributed by atoms with Crippen molar-refractivity contribution in [3.63, 3.8) is 0 Å². The maximum absolute atomic E-state index is 9.63. The van der Waals surface area contributed by atoms with Gasteiger partial charge in [0.15, 0.2) is 0 Å². The molecular weight excluding hydrogens is 208 g/mol. The summed E-state index contributed by atoms with van der Waals surface area (Å²) in [4.78, 5) is 0. The smallest absolute Gasteiger partial charge is 0.0514 e. The molecule has 1 nitrogen and oxygen atoms in total. The van der Waals surface area contributed by atoms with E-state index >= 15 is 0 Å². The van der Waals surface area contributed by atoms with Crippen LogP contribution in [-0.2, 0) is 0 Å². The van der Waals surface area contributed by atoms with E-state index in [0.717, 1.165) is 6.42 Å². The molecule has 1 rings (SSSR count). The van der Waals surface area contributed by atoms with Crippen molar-refractivity contribution in [2.45, 2.75) is 67.4 Å². The molecule has 0 spiro atoms. The van der Waals surface area contributed by atoms with E-state index in [1.165, 1.54) is 12.0 Å². The molecule has 1 N–H and O–H groups in total. The Balaban J connectivity index is 3.01. The molecule has 0 aromatic heterocycles. The highest BCUT2D eigenvalue weighted by molar-refractivity contribution is 5.17. The van der Waals surface area contributed by atoms with Crippen LogP contribution in [0.1, 0.15) is 61.3 Å². The van der Waals surface area contributed by atoms with Crippen molar-refractivity contribution in [3.05, 3.63) is 11.6 Å². The van der Waals surface area contributed by atoms with Gasteiger partial charge < -0.3 is 5.11 Å². The third-order valence-electron chi connectivity index (χ3n) is 4.28. The zero-order valence-electron chi connectivity index (χ0n) is 12.7. The van der Waals surface area contributed by atoms with E-state index < -0.39 is 0 Å². The molecule has 0 saturated carbocycles. The van der Waals surface area contributed by atoms with Gasteiger partial charge in [0.1, 0.15) is 0 Å². The van der Waals surface area contributed by atoms with Gasteiger partial charge >= 0.3 is 0 Å². The lowest BCUT2D eigenvalue weighted by atomic mass is 9.54. The molecule has 0 aliphatic heterocycles. The van der Waals surface area contributed by atoms with Crippen LogP contribution in [0.25, 0.3) is 0 Å². The maximum Gasteiger partial charge on any atom is 0.0514 e. The normalized spacial score (nSPS) is 30.6. The molecule has 0 saturated heterocycles. The average Bonchev–Trinajstić information content (AvgIpc) is 1.93. The molecule has 0 amide bonds. The van der Waals surface area contributed by atoms with E-state index in [2.05, 4.69) is 47.6 Å². The lowest BCUT2D eigenvalue weighted by Gasteiger charge is -2.51. The summed E-state index contributed by atoms with van der Waals surface area (Å²) < 4.78 is 0. The molecule has 1 aliphatic rings. The van der Waals surface area contributed by atoms with E-state index in [4.69, 9.17) is 0 Å². The third-order valence-corrected chi connectivity index (χ3v) is 4.28. The highest BCUT2D eigenvalue weighted by Crippen LogP contribution is 2.53. The Kier molecular flexibility index (Phi) is 4.13. The molecule has 0 aromatic rings. The van der Waals surface area contributed by atoms with Gasteiger partial charge in [-0.25, -0.2) is 0 Å². The van der Waals surface area contributed by atoms with Crippen molar-refractivity contribution in [2.24, 2.45) is 22.7 Å². The van der Waals surface area contributed by atoms with Crippen molar-refractivity contribution < 1.29 is 5.11 Å². The summed E-state index contributed by atoms with van der Waals surface area (Å²) in [6.07, 6.45) is 4.35. The second-order valence-electron chi connectivity index (χ2n) is 7.52. The number of aliphatic hydroxyl groups excluding tert-OH is 1. The second kappa shape index (κ2) is 4.76. The average molecular weight is 238 g/mol. The zero-order valence-corrected chi connectivity index (χ0v) is 12.7. The third kappa shape index (κ3) is 3.34. The quantitative estimate of drug-likeness (QED) is 0.722. The van der Waals surface area contributed by atoms with E-state index in [1.807, 2.05) is 6.92 Å². The molecule has 0 radical (unpaired) electrons.